The first-order chi connectivity index (χ1) is 10.1. The average Bonchev–Trinajstić information content (AvgIpc) is 3.15. The quantitative estimate of drug-likeness (QED) is 0.726. The number of aromatic nitrogens is 1. The lowest BCUT2D eigenvalue weighted by atomic mass is 10.1. The number of benzene rings is 1. The molecule has 1 aliphatic heterocycles. The fraction of sp³-hybridized carbons (Fsp3) is 0.267. The SMILES string of the molecule is O=S1(=O)CCC(c2csc(-c3coc4ccccc34)n2)C1. The zero-order chi connectivity index (χ0) is 14.4. The van der Waals surface area contributed by atoms with Gasteiger partial charge in [0.05, 0.1) is 22.8 Å². The summed E-state index contributed by atoms with van der Waals surface area (Å²) >= 11 is 1.54. The van der Waals surface area contributed by atoms with Gasteiger partial charge in [0.2, 0.25) is 0 Å². The maximum atomic E-state index is 11.6. The minimum Gasteiger partial charge on any atom is -0.464 e. The zero-order valence-corrected chi connectivity index (χ0v) is 12.8. The highest BCUT2D eigenvalue weighted by Crippen LogP contribution is 2.36. The van der Waals surface area contributed by atoms with Gasteiger partial charge in [0.15, 0.2) is 9.84 Å². The van der Waals surface area contributed by atoms with Crippen molar-refractivity contribution in [3.8, 4) is 10.6 Å². The van der Waals surface area contributed by atoms with E-state index < -0.39 is 9.84 Å². The molecule has 0 N–H and O–H groups in total. The summed E-state index contributed by atoms with van der Waals surface area (Å²) in [5.74, 6) is 0.541. The first-order valence-electron chi connectivity index (χ1n) is 6.75. The van der Waals surface area contributed by atoms with Gasteiger partial charge < -0.3 is 4.42 Å². The summed E-state index contributed by atoms with van der Waals surface area (Å²) < 4.78 is 28.7. The molecule has 0 saturated carbocycles. The van der Waals surface area contributed by atoms with Gasteiger partial charge >= 0.3 is 0 Å². The average molecular weight is 319 g/mol. The van der Waals surface area contributed by atoms with E-state index in [0.29, 0.717) is 6.42 Å². The summed E-state index contributed by atoms with van der Waals surface area (Å²) in [6.45, 7) is 0. The standard InChI is InChI=1S/C15H13NO3S2/c17-21(18)6-5-10(9-21)13-8-20-15(16-13)12-7-19-14-4-2-1-3-11(12)14/h1-4,7-8,10H,5-6,9H2. The minimum atomic E-state index is -2.88. The third-order valence-corrected chi connectivity index (χ3v) is 6.55. The van der Waals surface area contributed by atoms with Gasteiger partial charge in [0, 0.05) is 16.7 Å². The van der Waals surface area contributed by atoms with Crippen LogP contribution in [0.1, 0.15) is 18.0 Å². The van der Waals surface area contributed by atoms with E-state index >= 15 is 0 Å². The molecule has 0 aliphatic carbocycles. The fourth-order valence-corrected chi connectivity index (χ4v) is 5.45. The Labute approximate surface area is 126 Å². The van der Waals surface area contributed by atoms with E-state index in [9.17, 15) is 8.42 Å². The summed E-state index contributed by atoms with van der Waals surface area (Å²) in [6, 6.07) is 7.85. The van der Waals surface area contributed by atoms with Gasteiger partial charge in [-0.15, -0.1) is 11.3 Å². The lowest BCUT2D eigenvalue weighted by Crippen LogP contribution is -2.03. The van der Waals surface area contributed by atoms with Gasteiger partial charge in [-0.05, 0) is 12.5 Å². The molecule has 3 heterocycles. The minimum absolute atomic E-state index is 0.0400. The van der Waals surface area contributed by atoms with Crippen LogP contribution in [0.4, 0.5) is 0 Å². The summed E-state index contributed by atoms with van der Waals surface area (Å²) in [5.41, 5.74) is 2.71. The molecule has 1 atom stereocenters. The molecule has 1 saturated heterocycles. The molecule has 1 aliphatic rings. The molecular formula is C15H13NO3S2. The number of hydrogen-bond acceptors (Lipinski definition) is 5. The zero-order valence-electron chi connectivity index (χ0n) is 11.2. The number of nitrogens with zero attached hydrogens (tertiary/aromatic N) is 1. The van der Waals surface area contributed by atoms with Crippen LogP contribution >= 0.6 is 11.3 Å². The number of hydrogen-bond donors (Lipinski definition) is 0. The Balaban J connectivity index is 1.72. The molecule has 108 valence electrons. The van der Waals surface area contributed by atoms with Crippen molar-refractivity contribution in [1.29, 1.82) is 0 Å². The van der Waals surface area contributed by atoms with Crippen LogP contribution in [0, 0.1) is 0 Å². The lowest BCUT2D eigenvalue weighted by molar-refractivity contribution is 0.601. The van der Waals surface area contributed by atoms with E-state index in [1.54, 1.807) is 17.6 Å². The molecule has 2 aromatic heterocycles. The number of furan rings is 1. The molecule has 0 spiro atoms. The van der Waals surface area contributed by atoms with Crippen molar-refractivity contribution in [3.05, 3.63) is 41.6 Å². The van der Waals surface area contributed by atoms with Crippen LogP contribution in [0.3, 0.4) is 0 Å². The molecule has 4 rings (SSSR count). The molecule has 0 bridgehead atoms. The van der Waals surface area contributed by atoms with Crippen LogP contribution in [-0.2, 0) is 9.84 Å². The van der Waals surface area contributed by atoms with E-state index in [-0.39, 0.29) is 17.4 Å². The second-order valence-electron chi connectivity index (χ2n) is 5.32. The normalized spacial score (nSPS) is 21.0. The van der Waals surface area contributed by atoms with Crippen molar-refractivity contribution >= 4 is 32.1 Å². The number of thiazole rings is 1. The molecule has 1 unspecified atom stereocenters. The van der Waals surface area contributed by atoms with Gasteiger partial charge in [-0.1, -0.05) is 18.2 Å². The fourth-order valence-electron chi connectivity index (χ4n) is 2.77. The van der Waals surface area contributed by atoms with Crippen LogP contribution in [0.5, 0.6) is 0 Å². The van der Waals surface area contributed by atoms with Crippen molar-refractivity contribution in [2.45, 2.75) is 12.3 Å². The third-order valence-electron chi connectivity index (χ3n) is 3.88. The second kappa shape index (κ2) is 4.68. The highest BCUT2D eigenvalue weighted by molar-refractivity contribution is 7.91. The van der Waals surface area contributed by atoms with Gasteiger partial charge in [-0.3, -0.25) is 0 Å². The van der Waals surface area contributed by atoms with E-state index in [1.807, 2.05) is 29.6 Å². The predicted molar refractivity (Wildman–Crippen MR) is 83.3 cm³/mol. The Hall–Kier alpha value is -1.66. The molecule has 4 nitrogen and oxygen atoms in total. The van der Waals surface area contributed by atoms with E-state index in [0.717, 1.165) is 27.2 Å². The van der Waals surface area contributed by atoms with Crippen molar-refractivity contribution in [1.82, 2.24) is 4.98 Å². The van der Waals surface area contributed by atoms with Crippen LogP contribution in [0.15, 0.2) is 40.3 Å². The van der Waals surface area contributed by atoms with Crippen molar-refractivity contribution in [2.75, 3.05) is 11.5 Å². The summed E-state index contributed by atoms with van der Waals surface area (Å²) in [6.07, 6.45) is 2.40. The highest BCUT2D eigenvalue weighted by Gasteiger charge is 2.30. The number of rotatable bonds is 2. The van der Waals surface area contributed by atoms with E-state index in [1.165, 1.54) is 0 Å². The predicted octanol–water partition coefficient (Wildman–Crippen LogP) is 3.46. The number of fused-ring (bicyclic) bond motifs is 1. The van der Waals surface area contributed by atoms with Crippen molar-refractivity contribution in [2.24, 2.45) is 0 Å². The summed E-state index contributed by atoms with van der Waals surface area (Å²) in [5, 5.41) is 3.90. The molecule has 1 aromatic carbocycles. The molecule has 1 fully saturated rings. The first kappa shape index (κ1) is 13.0. The Morgan fingerprint density at radius 2 is 2.14 bits per heavy atom. The second-order valence-corrected chi connectivity index (χ2v) is 8.41. The molecule has 21 heavy (non-hydrogen) atoms. The highest BCUT2D eigenvalue weighted by atomic mass is 32.2. The monoisotopic (exact) mass is 319 g/mol. The molecule has 0 radical (unpaired) electrons. The van der Waals surface area contributed by atoms with Crippen molar-refractivity contribution < 1.29 is 12.8 Å². The van der Waals surface area contributed by atoms with Gasteiger partial charge in [-0.25, -0.2) is 13.4 Å². The van der Waals surface area contributed by atoms with E-state index in [2.05, 4.69) is 4.98 Å². The Bertz CT molecular complexity index is 908. The first-order valence-corrected chi connectivity index (χ1v) is 9.45. The maximum Gasteiger partial charge on any atom is 0.151 e. The molecular weight excluding hydrogens is 306 g/mol. The Morgan fingerprint density at radius 1 is 1.29 bits per heavy atom. The van der Waals surface area contributed by atoms with Crippen LogP contribution in [-0.4, -0.2) is 24.9 Å². The smallest absolute Gasteiger partial charge is 0.151 e. The van der Waals surface area contributed by atoms with Crippen LogP contribution in [0.25, 0.3) is 21.5 Å². The third kappa shape index (κ3) is 2.28. The molecule has 6 heteroatoms. The Morgan fingerprint density at radius 3 is 2.95 bits per heavy atom. The maximum absolute atomic E-state index is 11.6. The van der Waals surface area contributed by atoms with E-state index in [4.69, 9.17) is 4.42 Å². The molecule has 3 aromatic rings. The number of sulfone groups is 1. The lowest BCUT2D eigenvalue weighted by Gasteiger charge is -2.01. The topological polar surface area (TPSA) is 60.2 Å². The van der Waals surface area contributed by atoms with Gasteiger partial charge in [-0.2, -0.15) is 0 Å². The largest absolute Gasteiger partial charge is 0.464 e. The summed E-state index contributed by atoms with van der Waals surface area (Å²) in [4.78, 5) is 4.64. The Kier molecular flexibility index (Phi) is 2.90. The van der Waals surface area contributed by atoms with Crippen LogP contribution in [0.2, 0.25) is 0 Å². The van der Waals surface area contributed by atoms with Crippen molar-refractivity contribution in [3.63, 3.8) is 0 Å². The van der Waals surface area contributed by atoms with Gasteiger partial charge in [0.25, 0.3) is 0 Å². The molecule has 0 amide bonds. The van der Waals surface area contributed by atoms with Crippen LogP contribution < -0.4 is 0 Å². The number of para-hydroxylation sites is 1. The van der Waals surface area contributed by atoms with Gasteiger partial charge in [0.1, 0.15) is 16.9 Å². The summed E-state index contributed by atoms with van der Waals surface area (Å²) in [7, 11) is -2.88.